The summed E-state index contributed by atoms with van der Waals surface area (Å²) < 4.78 is 27.1. The van der Waals surface area contributed by atoms with E-state index in [4.69, 9.17) is 0 Å². The van der Waals surface area contributed by atoms with Crippen molar-refractivity contribution in [1.29, 1.82) is 0 Å². The van der Waals surface area contributed by atoms with Crippen LogP contribution in [0.1, 0.15) is 41.0 Å². The molecule has 0 rings (SSSR count). The number of amides is 1. The van der Waals surface area contributed by atoms with E-state index in [-0.39, 0.29) is 11.7 Å². The summed E-state index contributed by atoms with van der Waals surface area (Å²) in [5.74, 6) is -0.404. The Kier molecular flexibility index (Phi) is 5.16. The average Bonchev–Trinajstić information content (AvgIpc) is 2.15. The minimum atomic E-state index is -3.59. The molecule has 1 amide bonds. The molecule has 0 spiro atoms. The summed E-state index contributed by atoms with van der Waals surface area (Å²) in [7, 11) is -2.48. The van der Waals surface area contributed by atoms with Gasteiger partial charge in [-0.15, -0.1) is 0 Å². The average molecular weight is 265 g/mol. The Labute approximate surface area is 104 Å². The molecule has 0 saturated heterocycles. The van der Waals surface area contributed by atoms with Gasteiger partial charge in [-0.05, 0) is 20.3 Å². The first kappa shape index (κ1) is 16.4. The van der Waals surface area contributed by atoms with Crippen LogP contribution in [0.2, 0.25) is 0 Å². The molecule has 0 aliphatic rings. The number of hydrogen-bond donors (Lipinski definition) is 1. The summed E-state index contributed by atoms with van der Waals surface area (Å²) >= 11 is 0. The fourth-order valence-electron chi connectivity index (χ4n) is 1.17. The quantitative estimate of drug-likeness (QED) is 0.735. The van der Waals surface area contributed by atoms with Crippen molar-refractivity contribution in [3.63, 3.8) is 0 Å². The first-order valence-corrected chi connectivity index (χ1v) is 7.14. The number of nitrogens with one attached hydrogen (secondary N) is 1. The van der Waals surface area contributed by atoms with E-state index in [0.29, 0.717) is 6.42 Å². The highest BCUT2D eigenvalue weighted by atomic mass is 32.2. The maximum absolute atomic E-state index is 11.9. The molecular weight excluding hydrogens is 242 g/mol. The smallest absolute Gasteiger partial charge is 0.269 e. The molecule has 1 N–H and O–H groups in total. The second-order valence-corrected chi connectivity index (χ2v) is 7.18. The van der Waals surface area contributed by atoms with Crippen LogP contribution < -0.4 is 5.32 Å². The van der Waals surface area contributed by atoms with E-state index in [2.05, 4.69) is 9.50 Å². The van der Waals surface area contributed by atoms with Crippen molar-refractivity contribution < 1.29 is 17.4 Å². The Morgan fingerprint density at radius 1 is 1.24 bits per heavy atom. The summed E-state index contributed by atoms with van der Waals surface area (Å²) in [4.78, 5) is 11.9. The van der Waals surface area contributed by atoms with Crippen LogP contribution in [-0.4, -0.2) is 32.7 Å². The van der Waals surface area contributed by atoms with Gasteiger partial charge in [0.25, 0.3) is 10.1 Å². The fourth-order valence-corrected chi connectivity index (χ4v) is 2.25. The van der Waals surface area contributed by atoms with Gasteiger partial charge in [-0.2, -0.15) is 8.42 Å². The Morgan fingerprint density at radius 3 is 2.06 bits per heavy atom. The summed E-state index contributed by atoms with van der Waals surface area (Å²) in [6.07, 6.45) is 0.686. The van der Waals surface area contributed by atoms with Gasteiger partial charge in [0.15, 0.2) is 0 Å². The lowest BCUT2D eigenvalue weighted by Gasteiger charge is -2.30. The summed E-state index contributed by atoms with van der Waals surface area (Å²) in [5, 5.41) is 2.74. The molecule has 0 fully saturated rings. The lowest BCUT2D eigenvalue weighted by atomic mass is 9.88. The molecule has 0 bridgehead atoms. The molecule has 5 nitrogen and oxygen atoms in total. The zero-order valence-electron chi connectivity index (χ0n) is 11.5. The van der Waals surface area contributed by atoms with Gasteiger partial charge in [-0.3, -0.25) is 8.98 Å². The van der Waals surface area contributed by atoms with E-state index in [0.717, 1.165) is 7.11 Å². The second kappa shape index (κ2) is 5.35. The van der Waals surface area contributed by atoms with Crippen LogP contribution in [0.3, 0.4) is 0 Å². The van der Waals surface area contributed by atoms with Crippen LogP contribution in [0, 0.1) is 5.41 Å². The highest BCUT2D eigenvalue weighted by Crippen LogP contribution is 2.21. The summed E-state index contributed by atoms with van der Waals surface area (Å²) in [6.45, 7) is 8.88. The number of hydrogen-bond acceptors (Lipinski definition) is 4. The fraction of sp³-hybridized carbons (Fsp3) is 0.909. The Balaban J connectivity index is 4.73. The van der Waals surface area contributed by atoms with Gasteiger partial charge < -0.3 is 5.32 Å². The van der Waals surface area contributed by atoms with Crippen molar-refractivity contribution in [1.82, 2.24) is 5.32 Å². The standard InChI is InChI=1S/C11H23NO4S/c1-7-10(2,3)9(13)12-11(4,5)8-17(14,15)16-6/h7-8H2,1-6H3,(H,12,13). The molecule has 0 saturated carbocycles. The Bertz CT molecular complexity index is 371. The zero-order valence-corrected chi connectivity index (χ0v) is 12.3. The minimum Gasteiger partial charge on any atom is -0.350 e. The zero-order chi connectivity index (χ0) is 13.9. The van der Waals surface area contributed by atoms with Crippen molar-refractivity contribution >= 4 is 16.0 Å². The van der Waals surface area contributed by atoms with Gasteiger partial charge in [0.1, 0.15) is 0 Å². The van der Waals surface area contributed by atoms with Crippen LogP contribution in [-0.2, 0) is 19.1 Å². The molecule has 0 aromatic carbocycles. The van der Waals surface area contributed by atoms with Crippen LogP contribution in [0.5, 0.6) is 0 Å². The van der Waals surface area contributed by atoms with Crippen LogP contribution >= 0.6 is 0 Å². The van der Waals surface area contributed by atoms with Crippen molar-refractivity contribution in [2.45, 2.75) is 46.6 Å². The van der Waals surface area contributed by atoms with Gasteiger partial charge in [-0.25, -0.2) is 0 Å². The first-order chi connectivity index (χ1) is 7.46. The molecule has 0 radical (unpaired) electrons. The van der Waals surface area contributed by atoms with Crippen LogP contribution in [0.25, 0.3) is 0 Å². The van der Waals surface area contributed by atoms with Crippen molar-refractivity contribution in [2.24, 2.45) is 5.41 Å². The third kappa shape index (κ3) is 5.50. The Morgan fingerprint density at radius 2 is 1.71 bits per heavy atom. The van der Waals surface area contributed by atoms with Crippen molar-refractivity contribution in [3.8, 4) is 0 Å². The molecule has 17 heavy (non-hydrogen) atoms. The molecule has 0 atom stereocenters. The molecule has 102 valence electrons. The lowest BCUT2D eigenvalue weighted by Crippen LogP contribution is -2.52. The third-order valence-electron chi connectivity index (χ3n) is 2.74. The molecule has 6 heteroatoms. The van der Waals surface area contributed by atoms with Crippen molar-refractivity contribution in [2.75, 3.05) is 12.9 Å². The van der Waals surface area contributed by atoms with Crippen LogP contribution in [0.15, 0.2) is 0 Å². The van der Waals surface area contributed by atoms with E-state index in [9.17, 15) is 13.2 Å². The van der Waals surface area contributed by atoms with E-state index in [1.54, 1.807) is 13.8 Å². The summed E-state index contributed by atoms with van der Waals surface area (Å²) in [5.41, 5.74) is -1.35. The Hall–Kier alpha value is -0.620. The van der Waals surface area contributed by atoms with E-state index >= 15 is 0 Å². The van der Waals surface area contributed by atoms with E-state index < -0.39 is 21.1 Å². The van der Waals surface area contributed by atoms with Gasteiger partial charge in [-0.1, -0.05) is 20.8 Å². The molecule has 0 aliphatic heterocycles. The van der Waals surface area contributed by atoms with Gasteiger partial charge in [0.05, 0.1) is 18.4 Å². The SMILES string of the molecule is CCC(C)(C)C(=O)NC(C)(C)CS(=O)(=O)OC. The monoisotopic (exact) mass is 265 g/mol. The van der Waals surface area contributed by atoms with Crippen LogP contribution in [0.4, 0.5) is 0 Å². The largest absolute Gasteiger partial charge is 0.350 e. The highest BCUT2D eigenvalue weighted by Gasteiger charge is 2.33. The van der Waals surface area contributed by atoms with Crippen molar-refractivity contribution in [3.05, 3.63) is 0 Å². The van der Waals surface area contributed by atoms with Gasteiger partial charge >= 0.3 is 0 Å². The van der Waals surface area contributed by atoms with E-state index in [1.165, 1.54) is 0 Å². The molecule has 0 aromatic heterocycles. The predicted molar refractivity (Wildman–Crippen MR) is 67.1 cm³/mol. The maximum atomic E-state index is 11.9. The number of rotatable bonds is 6. The first-order valence-electron chi connectivity index (χ1n) is 5.57. The normalized spacial score (nSPS) is 13.5. The van der Waals surface area contributed by atoms with Gasteiger partial charge in [0, 0.05) is 5.41 Å². The maximum Gasteiger partial charge on any atom is 0.269 e. The second-order valence-electron chi connectivity index (χ2n) is 5.44. The van der Waals surface area contributed by atoms with Gasteiger partial charge in [0.2, 0.25) is 5.91 Å². The molecule has 0 aromatic rings. The molecule has 0 aliphatic carbocycles. The lowest BCUT2D eigenvalue weighted by molar-refractivity contribution is -0.130. The highest BCUT2D eigenvalue weighted by molar-refractivity contribution is 7.86. The molecular formula is C11H23NO4S. The topological polar surface area (TPSA) is 72.5 Å². The predicted octanol–water partition coefficient (Wildman–Crippen LogP) is 1.29. The molecule has 0 heterocycles. The molecule has 0 unspecified atom stereocenters. The number of carbonyl (C=O) groups excluding carboxylic acids is 1. The number of carbonyl (C=O) groups is 1. The van der Waals surface area contributed by atoms with E-state index in [1.807, 2.05) is 20.8 Å². The third-order valence-corrected chi connectivity index (χ3v) is 4.33. The minimum absolute atomic E-state index is 0.156. The summed E-state index contributed by atoms with van der Waals surface area (Å²) in [6, 6.07) is 0.